The lowest BCUT2D eigenvalue weighted by Gasteiger charge is -2.19. The molecule has 1 N–H and O–H groups in total. The highest BCUT2D eigenvalue weighted by molar-refractivity contribution is 6.10. The molecular weight excluding hydrogens is 404 g/mol. The largest absolute Gasteiger partial charge is 0.345 e. The molecule has 0 saturated carbocycles. The van der Waals surface area contributed by atoms with Gasteiger partial charge in [0.2, 0.25) is 0 Å². The van der Waals surface area contributed by atoms with Gasteiger partial charge in [-0.05, 0) is 69.0 Å². The summed E-state index contributed by atoms with van der Waals surface area (Å²) in [7, 11) is 3.26. The van der Waals surface area contributed by atoms with Crippen molar-refractivity contribution in [2.24, 2.45) is 0 Å². The molecule has 0 atom stereocenters. The molecule has 1 aromatic carbocycles. The Kier molecular flexibility index (Phi) is 6.12. The summed E-state index contributed by atoms with van der Waals surface area (Å²) in [4.78, 5) is 35.6. The maximum atomic E-state index is 13.4. The van der Waals surface area contributed by atoms with Crippen LogP contribution in [-0.4, -0.2) is 45.6 Å². The van der Waals surface area contributed by atoms with Gasteiger partial charge in [0.25, 0.3) is 11.8 Å². The van der Waals surface area contributed by atoms with Crippen molar-refractivity contribution >= 4 is 23.2 Å². The number of aromatic nitrogens is 3. The number of anilines is 1. The number of hydrogen-bond donors (Lipinski definition) is 1. The van der Waals surface area contributed by atoms with E-state index in [0.29, 0.717) is 39.7 Å². The van der Waals surface area contributed by atoms with Crippen molar-refractivity contribution in [3.05, 3.63) is 75.0 Å². The highest BCUT2D eigenvalue weighted by Gasteiger charge is 2.24. The summed E-state index contributed by atoms with van der Waals surface area (Å²) >= 11 is 0. The summed E-state index contributed by atoms with van der Waals surface area (Å²) in [5.41, 5.74) is 5.29. The number of aryl methyl sites for hydroxylation is 3. The van der Waals surface area contributed by atoms with E-state index in [9.17, 15) is 9.59 Å². The second-order valence-corrected chi connectivity index (χ2v) is 8.07. The molecule has 0 aliphatic carbocycles. The van der Waals surface area contributed by atoms with Crippen LogP contribution >= 0.6 is 0 Å². The second-order valence-electron chi connectivity index (χ2n) is 8.07. The van der Waals surface area contributed by atoms with Crippen LogP contribution in [0.2, 0.25) is 0 Å². The van der Waals surface area contributed by atoms with Gasteiger partial charge >= 0.3 is 0 Å². The zero-order valence-corrected chi connectivity index (χ0v) is 19.4. The number of hydrogen-bond acceptors (Lipinski definition) is 4. The average molecular weight is 431 g/mol. The fourth-order valence-electron chi connectivity index (χ4n) is 3.52. The Bertz CT molecular complexity index is 1280. The third-order valence-corrected chi connectivity index (χ3v) is 5.32. The van der Waals surface area contributed by atoms with Crippen molar-refractivity contribution in [3.8, 4) is 5.82 Å². The Labute approximate surface area is 187 Å². The normalized spacial score (nSPS) is 10.6. The molecule has 2 amide bonds. The number of pyridine rings is 1. The highest BCUT2D eigenvalue weighted by atomic mass is 16.2. The number of rotatable bonds is 4. The van der Waals surface area contributed by atoms with Gasteiger partial charge in [0.1, 0.15) is 5.69 Å². The van der Waals surface area contributed by atoms with Crippen molar-refractivity contribution in [1.82, 2.24) is 19.7 Å². The van der Waals surface area contributed by atoms with Gasteiger partial charge in [-0.2, -0.15) is 5.10 Å². The number of carbonyl (C=O) groups is 2. The lowest BCUT2D eigenvalue weighted by Crippen LogP contribution is -2.25. The zero-order valence-electron chi connectivity index (χ0n) is 19.4. The molecule has 8 nitrogen and oxygen atoms in total. The van der Waals surface area contributed by atoms with Crippen molar-refractivity contribution in [2.75, 3.05) is 19.4 Å². The molecule has 0 fully saturated rings. The molecule has 0 saturated heterocycles. The molecule has 2 heterocycles. The summed E-state index contributed by atoms with van der Waals surface area (Å²) in [5, 5.41) is 7.37. The average Bonchev–Trinajstić information content (AvgIpc) is 3.12. The van der Waals surface area contributed by atoms with Crippen LogP contribution < -0.4 is 5.32 Å². The first-order valence-corrected chi connectivity index (χ1v) is 10.1. The molecule has 0 aliphatic rings. The fraction of sp³-hybridized carbons (Fsp3) is 0.292. The number of carbonyl (C=O) groups excluding carboxylic acids is 2. The molecule has 8 heteroatoms. The molecule has 3 rings (SSSR count). The predicted octanol–water partition coefficient (Wildman–Crippen LogP) is 4.31. The van der Waals surface area contributed by atoms with Gasteiger partial charge in [0.05, 0.1) is 23.5 Å². The van der Waals surface area contributed by atoms with E-state index in [-0.39, 0.29) is 11.5 Å². The lowest BCUT2D eigenvalue weighted by molar-refractivity contribution is 0.0828. The molecule has 0 spiro atoms. The van der Waals surface area contributed by atoms with Gasteiger partial charge in [-0.1, -0.05) is 6.07 Å². The van der Waals surface area contributed by atoms with Gasteiger partial charge < -0.3 is 10.2 Å². The van der Waals surface area contributed by atoms with E-state index in [0.717, 1.165) is 11.1 Å². The summed E-state index contributed by atoms with van der Waals surface area (Å²) in [6.07, 6.45) is 1.73. The van der Waals surface area contributed by atoms with Crippen molar-refractivity contribution in [2.45, 2.75) is 34.6 Å². The third kappa shape index (κ3) is 4.10. The van der Waals surface area contributed by atoms with Crippen molar-refractivity contribution in [3.63, 3.8) is 0 Å². The van der Waals surface area contributed by atoms with Gasteiger partial charge in [0.15, 0.2) is 11.5 Å². The molecule has 0 aliphatic heterocycles. The van der Waals surface area contributed by atoms with Gasteiger partial charge in [-0.3, -0.25) is 9.59 Å². The van der Waals surface area contributed by atoms with Crippen LogP contribution in [0.3, 0.4) is 0 Å². The lowest BCUT2D eigenvalue weighted by atomic mass is 9.99. The topological polar surface area (TPSA) is 84.5 Å². The molecule has 3 aromatic rings. The minimum absolute atomic E-state index is 0.268. The van der Waals surface area contributed by atoms with E-state index in [4.69, 9.17) is 6.57 Å². The van der Waals surface area contributed by atoms with E-state index >= 15 is 0 Å². The Balaban J connectivity index is 2.12. The second kappa shape index (κ2) is 8.63. The first-order valence-electron chi connectivity index (χ1n) is 10.1. The number of amides is 2. The van der Waals surface area contributed by atoms with Gasteiger partial charge in [-0.15, -0.1) is 0 Å². The van der Waals surface area contributed by atoms with E-state index in [2.05, 4.69) is 20.2 Å². The summed E-state index contributed by atoms with van der Waals surface area (Å²) in [6, 6.07) is 5.19. The smallest absolute Gasteiger partial charge is 0.274 e. The SMILES string of the molecule is [C-]#[N+]c1cc(C(=O)N(C)C)c(NC(=O)c2cc(C)nn2-c2ncc(C)cc2C)c(C)c1C. The van der Waals surface area contributed by atoms with Crippen LogP contribution in [0.15, 0.2) is 24.4 Å². The van der Waals surface area contributed by atoms with E-state index in [1.165, 1.54) is 15.6 Å². The molecule has 0 unspecified atom stereocenters. The van der Waals surface area contributed by atoms with Gasteiger partial charge in [0, 0.05) is 20.3 Å². The predicted molar refractivity (Wildman–Crippen MR) is 124 cm³/mol. The van der Waals surface area contributed by atoms with Crippen molar-refractivity contribution in [1.29, 1.82) is 0 Å². The minimum Gasteiger partial charge on any atom is -0.345 e. The number of nitrogens with one attached hydrogen (secondary N) is 1. The van der Waals surface area contributed by atoms with Crippen LogP contribution in [0.5, 0.6) is 0 Å². The number of benzene rings is 1. The monoisotopic (exact) mass is 430 g/mol. The van der Waals surface area contributed by atoms with Crippen molar-refractivity contribution < 1.29 is 9.59 Å². The summed E-state index contributed by atoms with van der Waals surface area (Å²) in [5.74, 6) is -0.151. The Morgan fingerprint density at radius 1 is 1.06 bits per heavy atom. The molecule has 2 aromatic heterocycles. The molecule has 32 heavy (non-hydrogen) atoms. The van der Waals surface area contributed by atoms with Gasteiger partial charge in [-0.25, -0.2) is 14.5 Å². The Morgan fingerprint density at radius 3 is 2.34 bits per heavy atom. The molecule has 164 valence electrons. The number of nitrogens with zero attached hydrogens (tertiary/aromatic N) is 5. The van der Waals surface area contributed by atoms with E-state index < -0.39 is 5.91 Å². The summed E-state index contributed by atoms with van der Waals surface area (Å²) < 4.78 is 1.52. The third-order valence-electron chi connectivity index (χ3n) is 5.32. The summed E-state index contributed by atoms with van der Waals surface area (Å²) in [6.45, 7) is 16.7. The van der Waals surface area contributed by atoms with Crippen LogP contribution in [0.1, 0.15) is 48.8 Å². The first kappa shape index (κ1) is 22.7. The first-order chi connectivity index (χ1) is 15.0. The van der Waals surface area contributed by atoms with Crippen LogP contribution in [0.4, 0.5) is 11.4 Å². The standard InChI is InChI=1S/C24H26N6O2/c1-13-9-14(2)22(26-12-13)30-20(10-15(3)28-30)23(31)27-21-17(5)16(4)19(25-6)11-18(21)24(32)29(7)8/h9-12H,1-5,7-8H3,(H,27,31). The van der Waals surface area contributed by atoms with E-state index in [1.807, 2.05) is 19.9 Å². The van der Waals surface area contributed by atoms with Crippen LogP contribution in [0.25, 0.3) is 10.7 Å². The van der Waals surface area contributed by atoms with E-state index in [1.54, 1.807) is 47.1 Å². The minimum atomic E-state index is -0.418. The molecule has 0 bridgehead atoms. The zero-order chi connectivity index (χ0) is 23.7. The van der Waals surface area contributed by atoms with Crippen LogP contribution in [0, 0.1) is 41.2 Å². The Morgan fingerprint density at radius 2 is 1.75 bits per heavy atom. The quantitative estimate of drug-likeness (QED) is 0.625. The van der Waals surface area contributed by atoms with Crippen LogP contribution in [-0.2, 0) is 0 Å². The molecular formula is C24H26N6O2. The Hall–Kier alpha value is -3.99. The maximum Gasteiger partial charge on any atom is 0.274 e. The maximum absolute atomic E-state index is 13.4. The highest BCUT2D eigenvalue weighted by Crippen LogP contribution is 2.33. The molecule has 0 radical (unpaired) electrons. The fourth-order valence-corrected chi connectivity index (χ4v) is 3.52.